The summed E-state index contributed by atoms with van der Waals surface area (Å²) >= 11 is 0. The van der Waals surface area contributed by atoms with Crippen LogP contribution in [-0.4, -0.2) is 71.2 Å². The summed E-state index contributed by atoms with van der Waals surface area (Å²) in [5, 5.41) is 14.8. The van der Waals surface area contributed by atoms with Crippen LogP contribution in [0.1, 0.15) is 24.9 Å². The van der Waals surface area contributed by atoms with Crippen molar-refractivity contribution in [3.05, 3.63) is 36.0 Å². The van der Waals surface area contributed by atoms with Gasteiger partial charge in [-0.3, -0.25) is 9.69 Å². The summed E-state index contributed by atoms with van der Waals surface area (Å²) in [6, 6.07) is 8.52. The van der Waals surface area contributed by atoms with E-state index < -0.39 is 0 Å². The second-order valence-corrected chi connectivity index (χ2v) is 7.41. The van der Waals surface area contributed by atoms with Crippen molar-refractivity contribution < 1.29 is 9.53 Å². The van der Waals surface area contributed by atoms with Gasteiger partial charge in [-0.1, -0.05) is 29.5 Å². The molecule has 0 spiro atoms. The molecule has 0 aliphatic carbocycles. The van der Waals surface area contributed by atoms with Crippen LogP contribution in [0.2, 0.25) is 0 Å². The first kappa shape index (κ1) is 19.0. The van der Waals surface area contributed by atoms with Gasteiger partial charge in [-0.2, -0.15) is 0 Å². The summed E-state index contributed by atoms with van der Waals surface area (Å²) in [5.41, 5.74) is 3.21. The number of aromatic nitrogens is 3. The van der Waals surface area contributed by atoms with Gasteiger partial charge >= 0.3 is 0 Å². The van der Waals surface area contributed by atoms with Crippen molar-refractivity contribution in [2.45, 2.75) is 32.0 Å². The standard InChI is InChI=1S/C20H28N6O2/c1-2-21-20(27)18-11-17(12-22-18)26-14-19(23-24-26)16-5-3-15(4-6-16)13-25-7-9-28-10-8-25/h3-6,14,17-18,22H,2,7-13H2,1H3,(H,21,27)/t17-,18-/m0/s1. The molecule has 2 saturated heterocycles. The Labute approximate surface area is 165 Å². The number of rotatable bonds is 6. The van der Waals surface area contributed by atoms with Crippen LogP contribution in [0.4, 0.5) is 0 Å². The number of hydrogen-bond donors (Lipinski definition) is 2. The summed E-state index contributed by atoms with van der Waals surface area (Å²) in [5.74, 6) is 0.0567. The molecule has 2 aromatic rings. The molecule has 2 fully saturated rings. The smallest absolute Gasteiger partial charge is 0.237 e. The molecule has 0 bridgehead atoms. The number of hydrogen-bond acceptors (Lipinski definition) is 6. The third-order valence-corrected chi connectivity index (χ3v) is 5.42. The number of likely N-dealkylation sites (N-methyl/N-ethyl adjacent to an activating group) is 1. The molecule has 1 aromatic heterocycles. The molecule has 0 saturated carbocycles. The molecule has 3 heterocycles. The highest BCUT2D eigenvalue weighted by Crippen LogP contribution is 2.23. The third kappa shape index (κ3) is 4.40. The molecule has 2 aliphatic heterocycles. The van der Waals surface area contributed by atoms with Gasteiger partial charge in [-0.15, -0.1) is 5.10 Å². The Morgan fingerprint density at radius 1 is 1.29 bits per heavy atom. The monoisotopic (exact) mass is 384 g/mol. The molecule has 0 radical (unpaired) electrons. The van der Waals surface area contributed by atoms with Crippen LogP contribution in [0, 0.1) is 0 Å². The molecule has 2 aliphatic rings. The predicted molar refractivity (Wildman–Crippen MR) is 106 cm³/mol. The van der Waals surface area contributed by atoms with Gasteiger partial charge < -0.3 is 15.4 Å². The number of morpholine rings is 1. The summed E-state index contributed by atoms with van der Waals surface area (Å²) in [6.45, 7) is 7.87. The van der Waals surface area contributed by atoms with Crippen molar-refractivity contribution in [1.82, 2.24) is 30.5 Å². The lowest BCUT2D eigenvalue weighted by Gasteiger charge is -2.26. The highest BCUT2D eigenvalue weighted by molar-refractivity contribution is 5.82. The molecule has 4 rings (SSSR count). The lowest BCUT2D eigenvalue weighted by Crippen LogP contribution is -2.40. The van der Waals surface area contributed by atoms with Gasteiger partial charge in [0.15, 0.2) is 0 Å². The minimum atomic E-state index is -0.155. The number of nitrogens with zero attached hydrogens (tertiary/aromatic N) is 4. The fraction of sp³-hybridized carbons (Fsp3) is 0.550. The molecular formula is C20H28N6O2. The van der Waals surface area contributed by atoms with Gasteiger partial charge in [0.05, 0.1) is 31.5 Å². The number of benzene rings is 1. The van der Waals surface area contributed by atoms with Gasteiger partial charge in [-0.05, 0) is 18.9 Å². The van der Waals surface area contributed by atoms with E-state index in [4.69, 9.17) is 4.74 Å². The van der Waals surface area contributed by atoms with Crippen LogP contribution >= 0.6 is 0 Å². The fourth-order valence-corrected chi connectivity index (χ4v) is 3.80. The number of ether oxygens (including phenoxy) is 1. The molecule has 8 heteroatoms. The van der Waals surface area contributed by atoms with E-state index in [0.29, 0.717) is 6.54 Å². The summed E-state index contributed by atoms with van der Waals surface area (Å²) in [4.78, 5) is 14.4. The SMILES string of the molecule is CCNC(=O)[C@@H]1C[C@H](n2cc(-c3ccc(CN4CCOCC4)cc3)nn2)CN1. The lowest BCUT2D eigenvalue weighted by atomic mass is 10.1. The maximum absolute atomic E-state index is 12.0. The lowest BCUT2D eigenvalue weighted by molar-refractivity contribution is -0.122. The Hall–Kier alpha value is -2.29. The third-order valence-electron chi connectivity index (χ3n) is 5.42. The van der Waals surface area contributed by atoms with Crippen LogP contribution in [-0.2, 0) is 16.1 Å². The molecule has 1 amide bonds. The van der Waals surface area contributed by atoms with Crippen LogP contribution in [0.15, 0.2) is 30.5 Å². The van der Waals surface area contributed by atoms with Crippen molar-refractivity contribution in [3.8, 4) is 11.3 Å². The quantitative estimate of drug-likeness (QED) is 0.767. The Bertz CT molecular complexity index is 784. The zero-order chi connectivity index (χ0) is 19.3. The van der Waals surface area contributed by atoms with Gasteiger partial charge in [0, 0.05) is 38.3 Å². The highest BCUT2D eigenvalue weighted by Gasteiger charge is 2.30. The molecule has 150 valence electrons. The Morgan fingerprint density at radius 3 is 2.82 bits per heavy atom. The van der Waals surface area contributed by atoms with E-state index in [9.17, 15) is 4.79 Å². The van der Waals surface area contributed by atoms with E-state index in [-0.39, 0.29) is 18.0 Å². The van der Waals surface area contributed by atoms with Crippen LogP contribution in [0.3, 0.4) is 0 Å². The number of carbonyl (C=O) groups excluding carboxylic acids is 1. The maximum atomic E-state index is 12.0. The molecule has 2 N–H and O–H groups in total. The zero-order valence-corrected chi connectivity index (χ0v) is 16.3. The van der Waals surface area contributed by atoms with Crippen molar-refractivity contribution in [2.75, 3.05) is 39.4 Å². The van der Waals surface area contributed by atoms with Crippen LogP contribution in [0.25, 0.3) is 11.3 Å². The number of amides is 1. The average Bonchev–Trinajstić information content (AvgIpc) is 3.39. The minimum Gasteiger partial charge on any atom is -0.379 e. The maximum Gasteiger partial charge on any atom is 0.237 e. The molecule has 1 aromatic carbocycles. The molecular weight excluding hydrogens is 356 g/mol. The molecule has 0 unspecified atom stereocenters. The summed E-state index contributed by atoms with van der Waals surface area (Å²) < 4.78 is 7.28. The largest absolute Gasteiger partial charge is 0.379 e. The summed E-state index contributed by atoms with van der Waals surface area (Å²) in [7, 11) is 0. The number of nitrogens with one attached hydrogen (secondary N) is 2. The second-order valence-electron chi connectivity index (χ2n) is 7.41. The van der Waals surface area contributed by atoms with E-state index in [0.717, 1.165) is 57.1 Å². The van der Waals surface area contributed by atoms with E-state index >= 15 is 0 Å². The second kappa shape index (κ2) is 8.81. The van der Waals surface area contributed by atoms with Crippen molar-refractivity contribution in [2.24, 2.45) is 0 Å². The molecule has 2 atom stereocenters. The van der Waals surface area contributed by atoms with Gasteiger partial charge in [0.25, 0.3) is 0 Å². The first-order valence-electron chi connectivity index (χ1n) is 10.1. The molecule has 28 heavy (non-hydrogen) atoms. The first-order chi connectivity index (χ1) is 13.7. The number of carbonyl (C=O) groups is 1. The average molecular weight is 384 g/mol. The van der Waals surface area contributed by atoms with Crippen molar-refractivity contribution >= 4 is 5.91 Å². The fourth-order valence-electron chi connectivity index (χ4n) is 3.80. The van der Waals surface area contributed by atoms with E-state index in [1.807, 2.05) is 17.8 Å². The van der Waals surface area contributed by atoms with Crippen LogP contribution < -0.4 is 10.6 Å². The van der Waals surface area contributed by atoms with Gasteiger partial charge in [-0.25, -0.2) is 4.68 Å². The Morgan fingerprint density at radius 2 is 2.07 bits per heavy atom. The van der Waals surface area contributed by atoms with E-state index in [2.05, 4.69) is 50.1 Å². The Balaban J connectivity index is 1.37. The predicted octanol–water partition coefficient (Wildman–Crippen LogP) is 0.816. The zero-order valence-electron chi connectivity index (χ0n) is 16.3. The van der Waals surface area contributed by atoms with Crippen molar-refractivity contribution in [1.29, 1.82) is 0 Å². The Kier molecular flexibility index (Phi) is 5.99. The topological polar surface area (TPSA) is 84.3 Å². The van der Waals surface area contributed by atoms with Gasteiger partial charge in [0.2, 0.25) is 5.91 Å². The van der Waals surface area contributed by atoms with E-state index in [1.54, 1.807) is 0 Å². The molecule has 8 nitrogen and oxygen atoms in total. The van der Waals surface area contributed by atoms with Gasteiger partial charge in [0.1, 0.15) is 5.69 Å². The van der Waals surface area contributed by atoms with Crippen LogP contribution in [0.5, 0.6) is 0 Å². The normalized spacial score (nSPS) is 23.0. The van der Waals surface area contributed by atoms with E-state index in [1.165, 1.54) is 5.56 Å². The summed E-state index contributed by atoms with van der Waals surface area (Å²) in [6.07, 6.45) is 2.70. The first-order valence-corrected chi connectivity index (χ1v) is 10.1. The minimum absolute atomic E-state index is 0.0567. The van der Waals surface area contributed by atoms with Crippen molar-refractivity contribution in [3.63, 3.8) is 0 Å². The highest BCUT2D eigenvalue weighted by atomic mass is 16.5.